The van der Waals surface area contributed by atoms with Gasteiger partial charge in [0.25, 0.3) is 0 Å². The average molecular weight is 463 g/mol. The summed E-state index contributed by atoms with van der Waals surface area (Å²) in [7, 11) is 0. The third-order valence-electron chi connectivity index (χ3n) is 6.19. The zero-order chi connectivity index (χ0) is 23.9. The molecule has 0 amide bonds. The molecule has 2 heterocycles. The number of hydrogen-bond acceptors (Lipinski definition) is 5. The first-order chi connectivity index (χ1) is 16.5. The van der Waals surface area contributed by atoms with Crippen LogP contribution >= 0.6 is 0 Å². The first-order valence-electron chi connectivity index (χ1n) is 11.9. The van der Waals surface area contributed by atoms with Crippen molar-refractivity contribution < 1.29 is 18.7 Å². The molecule has 5 nitrogen and oxygen atoms in total. The number of piperidine rings is 1. The number of halogens is 1. The predicted molar refractivity (Wildman–Crippen MR) is 131 cm³/mol. The Balaban J connectivity index is 1.46. The minimum atomic E-state index is -0.268. The smallest absolute Gasteiger partial charge is 0.306 e. The Labute approximate surface area is 200 Å². The zero-order valence-electron chi connectivity index (χ0n) is 19.8. The maximum Gasteiger partial charge on any atom is 0.306 e. The SMILES string of the molecule is CCOC(=O)CC1CCN(c2ccc(-c3ccc(C)nc3OCc3ccccc3)cc2F)CC1. The van der Waals surface area contributed by atoms with Crippen molar-refractivity contribution in [1.29, 1.82) is 0 Å². The summed E-state index contributed by atoms with van der Waals surface area (Å²) in [5.74, 6) is 0.376. The number of rotatable bonds is 8. The van der Waals surface area contributed by atoms with Gasteiger partial charge in [-0.2, -0.15) is 0 Å². The van der Waals surface area contributed by atoms with Crippen LogP contribution in [-0.2, 0) is 16.1 Å². The quantitative estimate of drug-likeness (QED) is 0.388. The van der Waals surface area contributed by atoms with E-state index in [-0.39, 0.29) is 11.8 Å². The molecule has 3 aromatic rings. The number of carbonyl (C=O) groups excluding carboxylic acids is 1. The van der Waals surface area contributed by atoms with Gasteiger partial charge in [-0.25, -0.2) is 9.37 Å². The van der Waals surface area contributed by atoms with Gasteiger partial charge >= 0.3 is 5.97 Å². The van der Waals surface area contributed by atoms with Gasteiger partial charge in [-0.15, -0.1) is 0 Å². The molecular formula is C28H31FN2O3. The molecule has 0 unspecified atom stereocenters. The molecule has 0 radical (unpaired) electrons. The lowest BCUT2D eigenvalue weighted by molar-refractivity contribution is -0.144. The van der Waals surface area contributed by atoms with Gasteiger partial charge in [0.15, 0.2) is 0 Å². The molecule has 1 aliphatic heterocycles. The highest BCUT2D eigenvalue weighted by Crippen LogP contribution is 2.34. The van der Waals surface area contributed by atoms with Crippen molar-refractivity contribution in [2.75, 3.05) is 24.6 Å². The molecule has 4 rings (SSSR count). The van der Waals surface area contributed by atoms with E-state index in [0.29, 0.717) is 37.1 Å². The molecule has 1 fully saturated rings. The summed E-state index contributed by atoms with van der Waals surface area (Å²) in [5, 5.41) is 0. The van der Waals surface area contributed by atoms with E-state index in [1.54, 1.807) is 6.07 Å². The largest absolute Gasteiger partial charge is 0.472 e. The Morgan fingerprint density at radius 2 is 1.85 bits per heavy atom. The highest BCUT2D eigenvalue weighted by Gasteiger charge is 2.24. The van der Waals surface area contributed by atoms with E-state index in [9.17, 15) is 4.79 Å². The lowest BCUT2D eigenvalue weighted by Crippen LogP contribution is -2.35. The van der Waals surface area contributed by atoms with E-state index >= 15 is 4.39 Å². The monoisotopic (exact) mass is 462 g/mol. The summed E-state index contributed by atoms with van der Waals surface area (Å²) in [6.07, 6.45) is 2.13. The molecule has 0 saturated carbocycles. The van der Waals surface area contributed by atoms with Crippen LogP contribution in [0.4, 0.5) is 10.1 Å². The number of aryl methyl sites for hydroxylation is 1. The van der Waals surface area contributed by atoms with Crippen LogP contribution in [0.5, 0.6) is 5.88 Å². The molecule has 0 aliphatic carbocycles. The van der Waals surface area contributed by atoms with Crippen LogP contribution in [0.25, 0.3) is 11.1 Å². The number of ether oxygens (including phenoxy) is 2. The second kappa shape index (κ2) is 11.1. The summed E-state index contributed by atoms with van der Waals surface area (Å²) in [6.45, 7) is 5.97. The molecule has 1 aliphatic rings. The van der Waals surface area contributed by atoms with E-state index < -0.39 is 0 Å². The predicted octanol–water partition coefficient (Wildman–Crippen LogP) is 5.94. The van der Waals surface area contributed by atoms with Crippen molar-refractivity contribution in [2.24, 2.45) is 5.92 Å². The molecule has 1 aromatic heterocycles. The van der Waals surface area contributed by atoms with Crippen LogP contribution in [0.1, 0.15) is 37.4 Å². The third-order valence-corrected chi connectivity index (χ3v) is 6.19. The molecule has 0 bridgehead atoms. The van der Waals surface area contributed by atoms with E-state index in [1.807, 2.05) is 68.4 Å². The number of esters is 1. The molecule has 1 saturated heterocycles. The van der Waals surface area contributed by atoms with Gasteiger partial charge in [0.1, 0.15) is 12.4 Å². The zero-order valence-corrected chi connectivity index (χ0v) is 19.8. The van der Waals surface area contributed by atoms with Crippen LogP contribution < -0.4 is 9.64 Å². The normalized spacial score (nSPS) is 14.1. The minimum Gasteiger partial charge on any atom is -0.472 e. The lowest BCUT2D eigenvalue weighted by atomic mass is 9.93. The van der Waals surface area contributed by atoms with Crippen molar-refractivity contribution >= 4 is 11.7 Å². The van der Waals surface area contributed by atoms with Gasteiger partial charge in [0, 0.05) is 30.8 Å². The van der Waals surface area contributed by atoms with Gasteiger partial charge in [-0.1, -0.05) is 36.4 Å². The number of hydrogen-bond donors (Lipinski definition) is 0. The van der Waals surface area contributed by atoms with Gasteiger partial charge in [-0.05, 0) is 68.0 Å². The number of aromatic nitrogens is 1. The standard InChI is InChI=1S/C28H31FN2O3/c1-3-33-27(32)17-21-13-15-31(16-14-21)26-12-10-23(18-25(26)29)24-11-9-20(2)30-28(24)34-19-22-7-5-4-6-8-22/h4-12,18,21H,3,13-17,19H2,1-2H3. The van der Waals surface area contributed by atoms with Crippen molar-refractivity contribution in [2.45, 2.75) is 39.7 Å². The summed E-state index contributed by atoms with van der Waals surface area (Å²) in [4.78, 5) is 18.4. The Hall–Kier alpha value is -3.41. The maximum atomic E-state index is 15.2. The van der Waals surface area contributed by atoms with Gasteiger partial charge < -0.3 is 14.4 Å². The number of anilines is 1. The number of nitrogens with zero attached hydrogens (tertiary/aromatic N) is 2. The van der Waals surface area contributed by atoms with Crippen LogP contribution in [0.15, 0.2) is 60.7 Å². The molecule has 2 aromatic carbocycles. The van der Waals surface area contributed by atoms with Crippen molar-refractivity contribution in [3.8, 4) is 17.0 Å². The van der Waals surface area contributed by atoms with Gasteiger partial charge in [0.05, 0.1) is 12.3 Å². The summed E-state index contributed by atoms with van der Waals surface area (Å²) >= 11 is 0. The molecule has 0 atom stereocenters. The lowest BCUT2D eigenvalue weighted by Gasteiger charge is -2.33. The third kappa shape index (κ3) is 5.93. The number of benzene rings is 2. The van der Waals surface area contributed by atoms with E-state index in [0.717, 1.165) is 48.3 Å². The van der Waals surface area contributed by atoms with Crippen molar-refractivity contribution in [3.05, 3.63) is 77.7 Å². The molecule has 6 heteroatoms. The Kier molecular flexibility index (Phi) is 7.78. The first-order valence-corrected chi connectivity index (χ1v) is 11.9. The Bertz CT molecular complexity index is 1110. The first kappa shape index (κ1) is 23.7. The molecule has 178 valence electrons. The second-order valence-corrected chi connectivity index (χ2v) is 8.69. The highest BCUT2D eigenvalue weighted by molar-refractivity contribution is 5.71. The fraction of sp³-hybridized carbons (Fsp3) is 0.357. The maximum absolute atomic E-state index is 15.2. The summed E-state index contributed by atoms with van der Waals surface area (Å²) in [6, 6.07) is 19.0. The van der Waals surface area contributed by atoms with Crippen LogP contribution in [0.2, 0.25) is 0 Å². The van der Waals surface area contributed by atoms with Gasteiger partial charge in [0.2, 0.25) is 5.88 Å². The number of pyridine rings is 1. The Morgan fingerprint density at radius 3 is 2.56 bits per heavy atom. The average Bonchev–Trinajstić information content (AvgIpc) is 2.84. The fourth-order valence-electron chi connectivity index (χ4n) is 4.35. The van der Waals surface area contributed by atoms with Crippen LogP contribution in [-0.4, -0.2) is 30.6 Å². The van der Waals surface area contributed by atoms with Crippen LogP contribution in [0, 0.1) is 18.7 Å². The Morgan fingerprint density at radius 1 is 1.09 bits per heavy atom. The summed E-state index contributed by atoms with van der Waals surface area (Å²) < 4.78 is 26.3. The molecule has 0 N–H and O–H groups in total. The van der Waals surface area contributed by atoms with Crippen LogP contribution in [0.3, 0.4) is 0 Å². The van der Waals surface area contributed by atoms with E-state index in [4.69, 9.17) is 9.47 Å². The highest BCUT2D eigenvalue weighted by atomic mass is 19.1. The number of carbonyl (C=O) groups is 1. The summed E-state index contributed by atoms with van der Waals surface area (Å²) in [5.41, 5.74) is 3.97. The van der Waals surface area contributed by atoms with Crippen molar-refractivity contribution in [3.63, 3.8) is 0 Å². The van der Waals surface area contributed by atoms with Crippen molar-refractivity contribution in [1.82, 2.24) is 4.98 Å². The molecule has 0 spiro atoms. The topological polar surface area (TPSA) is 51.7 Å². The van der Waals surface area contributed by atoms with Gasteiger partial charge in [-0.3, -0.25) is 4.79 Å². The minimum absolute atomic E-state index is 0.145. The molecule has 34 heavy (non-hydrogen) atoms. The fourth-order valence-corrected chi connectivity index (χ4v) is 4.35. The van der Waals surface area contributed by atoms with E-state index in [2.05, 4.69) is 9.88 Å². The van der Waals surface area contributed by atoms with E-state index in [1.165, 1.54) is 0 Å². The second-order valence-electron chi connectivity index (χ2n) is 8.69. The molecular weight excluding hydrogens is 431 g/mol.